The molecule has 4 heteroatoms. The van der Waals surface area contributed by atoms with Crippen LogP contribution in [0.15, 0.2) is 17.5 Å². The molecular formula is C10H8ClFOS. The molecule has 0 spiro atoms. The zero-order chi connectivity index (χ0) is 10.1. The van der Waals surface area contributed by atoms with Gasteiger partial charge in [-0.1, -0.05) is 11.6 Å². The van der Waals surface area contributed by atoms with Gasteiger partial charge in [0, 0.05) is 21.5 Å². The monoisotopic (exact) mass is 230 g/mol. The van der Waals surface area contributed by atoms with Gasteiger partial charge in [0.2, 0.25) is 0 Å². The molecule has 1 aromatic heterocycles. The zero-order valence-corrected chi connectivity index (χ0v) is 9.08. The molecule has 0 saturated heterocycles. The van der Waals surface area contributed by atoms with Gasteiger partial charge in [-0.05, 0) is 13.0 Å². The minimum Gasteiger partial charge on any atom is -0.491 e. The molecule has 0 aliphatic heterocycles. The number of hydrogen-bond acceptors (Lipinski definition) is 2. The minimum absolute atomic E-state index is 0.290. The number of halogens is 2. The van der Waals surface area contributed by atoms with Crippen molar-refractivity contribution in [3.8, 4) is 5.75 Å². The molecule has 0 saturated carbocycles. The predicted molar refractivity (Wildman–Crippen MR) is 58.0 cm³/mol. The summed E-state index contributed by atoms with van der Waals surface area (Å²) in [4.78, 5) is 0. The molecule has 74 valence electrons. The molecule has 2 rings (SSSR count). The first kappa shape index (κ1) is 9.74. The average Bonchev–Trinajstić information content (AvgIpc) is 2.50. The van der Waals surface area contributed by atoms with Gasteiger partial charge < -0.3 is 4.74 Å². The van der Waals surface area contributed by atoms with Gasteiger partial charge in [-0.25, -0.2) is 4.39 Å². The fourth-order valence-electron chi connectivity index (χ4n) is 1.26. The van der Waals surface area contributed by atoms with Crippen molar-refractivity contribution in [1.29, 1.82) is 0 Å². The second-order valence-electron chi connectivity index (χ2n) is 2.80. The lowest BCUT2D eigenvalue weighted by atomic mass is 10.2. The molecular weight excluding hydrogens is 223 g/mol. The van der Waals surface area contributed by atoms with Crippen molar-refractivity contribution in [3.63, 3.8) is 0 Å². The summed E-state index contributed by atoms with van der Waals surface area (Å²) >= 11 is 7.36. The van der Waals surface area contributed by atoms with Crippen LogP contribution in [0.1, 0.15) is 6.92 Å². The highest BCUT2D eigenvalue weighted by Crippen LogP contribution is 2.34. The van der Waals surface area contributed by atoms with Crippen molar-refractivity contribution in [2.45, 2.75) is 6.92 Å². The van der Waals surface area contributed by atoms with Crippen LogP contribution in [0, 0.1) is 5.82 Å². The SMILES string of the molecule is CCOc1cc2scc(Cl)c2cc1F. The first-order valence-electron chi connectivity index (χ1n) is 4.21. The van der Waals surface area contributed by atoms with Crippen LogP contribution in [-0.4, -0.2) is 6.61 Å². The maximum absolute atomic E-state index is 13.4. The number of fused-ring (bicyclic) bond motifs is 1. The van der Waals surface area contributed by atoms with Crippen molar-refractivity contribution >= 4 is 33.0 Å². The lowest BCUT2D eigenvalue weighted by Crippen LogP contribution is -1.93. The van der Waals surface area contributed by atoms with E-state index in [0.29, 0.717) is 17.4 Å². The Kier molecular flexibility index (Phi) is 2.61. The highest BCUT2D eigenvalue weighted by molar-refractivity contribution is 7.17. The molecule has 0 N–H and O–H groups in total. The van der Waals surface area contributed by atoms with E-state index in [9.17, 15) is 4.39 Å². The third-order valence-corrected chi connectivity index (χ3v) is 3.27. The van der Waals surface area contributed by atoms with Gasteiger partial charge in [0.25, 0.3) is 0 Å². The van der Waals surface area contributed by atoms with Crippen LogP contribution in [0.5, 0.6) is 5.75 Å². The van der Waals surface area contributed by atoms with Gasteiger partial charge in [0.15, 0.2) is 11.6 Å². The Morgan fingerprint density at radius 3 is 3.00 bits per heavy atom. The normalized spacial score (nSPS) is 10.8. The largest absolute Gasteiger partial charge is 0.491 e. The molecule has 0 bridgehead atoms. The van der Waals surface area contributed by atoms with Crippen molar-refractivity contribution in [2.24, 2.45) is 0 Å². The van der Waals surface area contributed by atoms with E-state index < -0.39 is 0 Å². The Morgan fingerprint density at radius 1 is 1.50 bits per heavy atom. The van der Waals surface area contributed by atoms with Gasteiger partial charge in [-0.3, -0.25) is 0 Å². The summed E-state index contributed by atoms with van der Waals surface area (Å²) in [7, 11) is 0. The second kappa shape index (κ2) is 3.75. The third-order valence-electron chi connectivity index (χ3n) is 1.88. The van der Waals surface area contributed by atoms with Crippen molar-refractivity contribution in [1.82, 2.24) is 0 Å². The van der Waals surface area contributed by atoms with E-state index in [1.54, 1.807) is 11.4 Å². The first-order valence-corrected chi connectivity index (χ1v) is 5.47. The smallest absolute Gasteiger partial charge is 0.165 e. The molecule has 14 heavy (non-hydrogen) atoms. The lowest BCUT2D eigenvalue weighted by Gasteiger charge is -2.04. The van der Waals surface area contributed by atoms with Crippen molar-refractivity contribution in [2.75, 3.05) is 6.61 Å². The number of benzene rings is 1. The Hall–Kier alpha value is -0.800. The van der Waals surface area contributed by atoms with E-state index in [0.717, 1.165) is 10.1 Å². The van der Waals surface area contributed by atoms with Gasteiger partial charge in [-0.2, -0.15) is 0 Å². The number of thiophene rings is 1. The zero-order valence-electron chi connectivity index (χ0n) is 7.51. The van der Waals surface area contributed by atoms with Crippen LogP contribution in [0.25, 0.3) is 10.1 Å². The first-order chi connectivity index (χ1) is 6.72. The summed E-state index contributed by atoms with van der Waals surface area (Å²) in [5.74, 6) is -0.0711. The standard InChI is InChI=1S/C10H8ClFOS/c1-2-13-9-4-10-6(3-8(9)12)7(11)5-14-10/h3-5H,2H2,1H3. The molecule has 0 fully saturated rings. The van der Waals surface area contributed by atoms with Crippen molar-refractivity contribution in [3.05, 3.63) is 28.4 Å². The van der Waals surface area contributed by atoms with Gasteiger partial charge in [-0.15, -0.1) is 11.3 Å². The van der Waals surface area contributed by atoms with Gasteiger partial charge >= 0.3 is 0 Å². The van der Waals surface area contributed by atoms with E-state index in [1.165, 1.54) is 17.4 Å². The van der Waals surface area contributed by atoms with Crippen LogP contribution in [0.2, 0.25) is 5.02 Å². The Balaban J connectivity index is 2.60. The van der Waals surface area contributed by atoms with Gasteiger partial charge in [0.05, 0.1) is 11.6 Å². The molecule has 0 radical (unpaired) electrons. The van der Waals surface area contributed by atoms with Crippen LogP contribution in [0.4, 0.5) is 4.39 Å². The van der Waals surface area contributed by atoms with E-state index in [-0.39, 0.29) is 5.82 Å². The van der Waals surface area contributed by atoms with Crippen LogP contribution >= 0.6 is 22.9 Å². The summed E-state index contributed by atoms with van der Waals surface area (Å²) in [6, 6.07) is 3.10. The highest BCUT2D eigenvalue weighted by Gasteiger charge is 2.08. The highest BCUT2D eigenvalue weighted by atomic mass is 35.5. The Bertz CT molecular complexity index is 466. The number of rotatable bonds is 2. The Labute approximate surface area is 90.1 Å². The van der Waals surface area contributed by atoms with Crippen LogP contribution in [-0.2, 0) is 0 Å². The van der Waals surface area contributed by atoms with Gasteiger partial charge in [0.1, 0.15) is 0 Å². The lowest BCUT2D eigenvalue weighted by molar-refractivity contribution is 0.322. The van der Waals surface area contributed by atoms with Crippen LogP contribution in [0.3, 0.4) is 0 Å². The fraction of sp³-hybridized carbons (Fsp3) is 0.200. The van der Waals surface area contributed by atoms with Crippen molar-refractivity contribution < 1.29 is 9.13 Å². The molecule has 0 aliphatic rings. The molecule has 1 heterocycles. The molecule has 0 unspecified atom stereocenters. The molecule has 0 amide bonds. The summed E-state index contributed by atoms with van der Waals surface area (Å²) in [5.41, 5.74) is 0. The van der Waals surface area contributed by atoms with E-state index in [2.05, 4.69) is 0 Å². The molecule has 0 aliphatic carbocycles. The number of hydrogen-bond donors (Lipinski definition) is 0. The second-order valence-corrected chi connectivity index (χ2v) is 4.11. The fourth-order valence-corrected chi connectivity index (χ4v) is 2.44. The van der Waals surface area contributed by atoms with E-state index in [1.807, 2.05) is 6.92 Å². The Morgan fingerprint density at radius 2 is 2.29 bits per heavy atom. The number of ether oxygens (including phenoxy) is 1. The summed E-state index contributed by atoms with van der Waals surface area (Å²) < 4.78 is 19.5. The maximum Gasteiger partial charge on any atom is 0.165 e. The average molecular weight is 231 g/mol. The molecule has 2 aromatic rings. The van der Waals surface area contributed by atoms with Crippen LogP contribution < -0.4 is 4.74 Å². The third kappa shape index (κ3) is 1.57. The summed E-state index contributed by atoms with van der Waals surface area (Å²) in [6.07, 6.45) is 0. The van der Waals surface area contributed by atoms with E-state index >= 15 is 0 Å². The maximum atomic E-state index is 13.4. The molecule has 0 atom stereocenters. The molecule has 1 aromatic carbocycles. The minimum atomic E-state index is -0.361. The summed E-state index contributed by atoms with van der Waals surface area (Å²) in [6.45, 7) is 2.28. The quantitative estimate of drug-likeness (QED) is 0.755. The predicted octanol–water partition coefficient (Wildman–Crippen LogP) is 4.09. The molecule has 1 nitrogen and oxygen atoms in total. The topological polar surface area (TPSA) is 9.23 Å². The summed E-state index contributed by atoms with van der Waals surface area (Å²) in [5, 5.41) is 3.13. The van der Waals surface area contributed by atoms with E-state index in [4.69, 9.17) is 16.3 Å².